The molecule has 1 saturated heterocycles. The van der Waals surface area contributed by atoms with Crippen molar-refractivity contribution < 1.29 is 25.2 Å². The Labute approximate surface area is 101 Å². The SMILES string of the molecule is C=CC1CCCC2OS(=O)(=O)CS(=O)(=O)OC12. The molecule has 0 aromatic heterocycles. The molecule has 0 N–H and O–H groups in total. The van der Waals surface area contributed by atoms with Crippen LogP contribution in [0.5, 0.6) is 0 Å². The standard InChI is InChI=1S/C9H14O6S2/c1-2-7-4-3-5-8-9(7)15-17(12,13)6-16(10,11)14-8/h2,7-9H,1,3-6H2. The van der Waals surface area contributed by atoms with Gasteiger partial charge in [-0.2, -0.15) is 16.8 Å². The lowest BCUT2D eigenvalue weighted by atomic mass is 9.85. The highest BCUT2D eigenvalue weighted by Crippen LogP contribution is 2.34. The third kappa shape index (κ3) is 2.87. The molecule has 1 aliphatic heterocycles. The second-order valence-electron chi connectivity index (χ2n) is 4.26. The number of hydrogen-bond donors (Lipinski definition) is 0. The zero-order valence-electron chi connectivity index (χ0n) is 9.11. The van der Waals surface area contributed by atoms with Crippen molar-refractivity contribution in [1.82, 2.24) is 0 Å². The molecule has 3 atom stereocenters. The number of hydrogen-bond acceptors (Lipinski definition) is 6. The van der Waals surface area contributed by atoms with Gasteiger partial charge in [0.1, 0.15) is 12.2 Å². The molecular formula is C9H14O6S2. The van der Waals surface area contributed by atoms with E-state index in [0.29, 0.717) is 6.42 Å². The quantitative estimate of drug-likeness (QED) is 0.510. The van der Waals surface area contributed by atoms with Crippen LogP contribution in [0.15, 0.2) is 12.7 Å². The van der Waals surface area contributed by atoms with E-state index in [0.717, 1.165) is 12.8 Å². The molecule has 2 aliphatic rings. The summed E-state index contributed by atoms with van der Waals surface area (Å²) in [5.41, 5.74) is 0. The van der Waals surface area contributed by atoms with Crippen LogP contribution in [0.3, 0.4) is 0 Å². The van der Waals surface area contributed by atoms with Gasteiger partial charge in [-0.25, -0.2) is 0 Å². The summed E-state index contributed by atoms with van der Waals surface area (Å²) in [6, 6.07) is 0. The van der Waals surface area contributed by atoms with E-state index in [1.165, 1.54) is 0 Å². The van der Waals surface area contributed by atoms with Crippen molar-refractivity contribution >= 4 is 20.2 Å². The van der Waals surface area contributed by atoms with E-state index >= 15 is 0 Å². The molecule has 0 radical (unpaired) electrons. The summed E-state index contributed by atoms with van der Waals surface area (Å²) in [5.74, 6) is -0.197. The molecule has 0 aromatic rings. The van der Waals surface area contributed by atoms with Gasteiger partial charge in [-0.15, -0.1) is 6.58 Å². The minimum atomic E-state index is -4.10. The van der Waals surface area contributed by atoms with Crippen molar-refractivity contribution in [2.75, 3.05) is 5.08 Å². The van der Waals surface area contributed by atoms with Crippen molar-refractivity contribution in [3.8, 4) is 0 Å². The van der Waals surface area contributed by atoms with E-state index in [9.17, 15) is 16.8 Å². The maximum atomic E-state index is 11.5. The van der Waals surface area contributed by atoms with E-state index in [4.69, 9.17) is 8.37 Å². The zero-order valence-corrected chi connectivity index (χ0v) is 10.7. The molecular weight excluding hydrogens is 268 g/mol. The topological polar surface area (TPSA) is 86.7 Å². The van der Waals surface area contributed by atoms with Gasteiger partial charge in [0.05, 0.1) is 0 Å². The molecule has 0 spiro atoms. The Morgan fingerprint density at radius 3 is 2.35 bits per heavy atom. The van der Waals surface area contributed by atoms with Crippen molar-refractivity contribution in [3.63, 3.8) is 0 Å². The minimum absolute atomic E-state index is 0.197. The normalized spacial score (nSPS) is 39.9. The fraction of sp³-hybridized carbons (Fsp3) is 0.778. The van der Waals surface area contributed by atoms with Crippen LogP contribution in [0.4, 0.5) is 0 Å². The Morgan fingerprint density at radius 2 is 1.71 bits per heavy atom. The highest BCUT2D eigenvalue weighted by Gasteiger charge is 2.44. The Morgan fingerprint density at radius 1 is 1.06 bits per heavy atom. The van der Waals surface area contributed by atoms with E-state index in [-0.39, 0.29) is 5.92 Å². The fourth-order valence-corrected chi connectivity index (χ4v) is 5.28. The largest absolute Gasteiger partial charge is 0.284 e. The second kappa shape index (κ2) is 4.34. The van der Waals surface area contributed by atoms with E-state index in [1.54, 1.807) is 6.08 Å². The molecule has 6 nitrogen and oxygen atoms in total. The molecule has 2 fully saturated rings. The van der Waals surface area contributed by atoms with Crippen LogP contribution in [0.1, 0.15) is 19.3 Å². The number of rotatable bonds is 1. The Balaban J connectivity index is 2.38. The first-order valence-corrected chi connectivity index (χ1v) is 8.43. The van der Waals surface area contributed by atoms with E-state index in [2.05, 4.69) is 6.58 Å². The van der Waals surface area contributed by atoms with E-state index < -0.39 is 37.5 Å². The van der Waals surface area contributed by atoms with Gasteiger partial charge in [0, 0.05) is 5.92 Å². The minimum Gasteiger partial charge on any atom is -0.263 e. The molecule has 1 aliphatic carbocycles. The summed E-state index contributed by atoms with van der Waals surface area (Å²) < 4.78 is 55.7. The predicted molar refractivity (Wildman–Crippen MR) is 60.0 cm³/mol. The first-order chi connectivity index (χ1) is 7.83. The molecule has 98 valence electrons. The van der Waals surface area contributed by atoms with Gasteiger partial charge < -0.3 is 0 Å². The molecule has 0 aromatic carbocycles. The van der Waals surface area contributed by atoms with Gasteiger partial charge in [-0.05, 0) is 12.8 Å². The third-order valence-electron chi connectivity index (χ3n) is 2.93. The van der Waals surface area contributed by atoms with Crippen molar-refractivity contribution in [2.24, 2.45) is 5.92 Å². The van der Waals surface area contributed by atoms with Crippen molar-refractivity contribution in [1.29, 1.82) is 0 Å². The van der Waals surface area contributed by atoms with Crippen LogP contribution in [-0.2, 0) is 28.6 Å². The van der Waals surface area contributed by atoms with Gasteiger partial charge in [-0.1, -0.05) is 12.5 Å². The highest BCUT2D eigenvalue weighted by molar-refractivity contribution is 8.03. The molecule has 0 amide bonds. The van der Waals surface area contributed by atoms with Crippen LogP contribution in [0.25, 0.3) is 0 Å². The summed E-state index contributed by atoms with van der Waals surface area (Å²) in [6.07, 6.45) is 2.05. The molecule has 8 heteroatoms. The summed E-state index contributed by atoms with van der Waals surface area (Å²) in [7, 11) is -8.18. The van der Waals surface area contributed by atoms with Crippen LogP contribution < -0.4 is 0 Å². The lowest BCUT2D eigenvalue weighted by Crippen LogP contribution is -2.40. The zero-order chi connectivity index (χ0) is 12.7. The van der Waals surface area contributed by atoms with Crippen LogP contribution in [0.2, 0.25) is 0 Å². The molecule has 2 rings (SSSR count). The highest BCUT2D eigenvalue weighted by atomic mass is 32.3. The third-order valence-corrected chi connectivity index (χ3v) is 6.30. The maximum absolute atomic E-state index is 11.5. The summed E-state index contributed by atoms with van der Waals surface area (Å²) in [6.45, 7) is 3.61. The van der Waals surface area contributed by atoms with Gasteiger partial charge in [0.15, 0.2) is 0 Å². The van der Waals surface area contributed by atoms with Crippen molar-refractivity contribution in [2.45, 2.75) is 31.5 Å². The Hall–Kier alpha value is -0.440. The summed E-state index contributed by atoms with van der Waals surface area (Å²) in [5, 5.41) is -1.11. The van der Waals surface area contributed by atoms with Gasteiger partial charge in [0.2, 0.25) is 5.08 Å². The molecule has 3 unspecified atom stereocenters. The molecule has 17 heavy (non-hydrogen) atoms. The first kappa shape index (κ1) is 13.0. The van der Waals surface area contributed by atoms with Gasteiger partial charge in [0.25, 0.3) is 20.2 Å². The summed E-state index contributed by atoms with van der Waals surface area (Å²) in [4.78, 5) is 0. The van der Waals surface area contributed by atoms with Gasteiger partial charge >= 0.3 is 0 Å². The van der Waals surface area contributed by atoms with Crippen molar-refractivity contribution in [3.05, 3.63) is 12.7 Å². The summed E-state index contributed by atoms with van der Waals surface area (Å²) >= 11 is 0. The van der Waals surface area contributed by atoms with Crippen LogP contribution in [-0.4, -0.2) is 34.1 Å². The van der Waals surface area contributed by atoms with Gasteiger partial charge in [-0.3, -0.25) is 8.37 Å². The van der Waals surface area contributed by atoms with Crippen LogP contribution in [0, 0.1) is 5.92 Å². The lowest BCUT2D eigenvalue weighted by molar-refractivity contribution is 0.0124. The molecule has 0 bridgehead atoms. The predicted octanol–water partition coefficient (Wildman–Crippen LogP) is 0.374. The number of fused-ring (bicyclic) bond motifs is 1. The first-order valence-electron chi connectivity index (χ1n) is 5.27. The fourth-order valence-electron chi connectivity index (χ4n) is 2.24. The monoisotopic (exact) mass is 282 g/mol. The Kier molecular flexibility index (Phi) is 3.32. The maximum Gasteiger partial charge on any atom is 0.284 e. The molecule has 1 heterocycles. The molecule has 1 saturated carbocycles. The smallest absolute Gasteiger partial charge is 0.263 e. The lowest BCUT2D eigenvalue weighted by Gasteiger charge is -2.32. The average molecular weight is 282 g/mol. The average Bonchev–Trinajstić information content (AvgIpc) is 2.26. The van der Waals surface area contributed by atoms with Crippen LogP contribution >= 0.6 is 0 Å². The van der Waals surface area contributed by atoms with E-state index in [1.807, 2.05) is 0 Å². The second-order valence-corrected chi connectivity index (χ2v) is 7.82. The Bertz CT molecular complexity index is 506.